The van der Waals surface area contributed by atoms with Crippen LogP contribution in [0.15, 0.2) is 53.6 Å². The molecule has 168 valence electrons. The van der Waals surface area contributed by atoms with Crippen molar-refractivity contribution in [3.63, 3.8) is 0 Å². The molecule has 0 spiro atoms. The third kappa shape index (κ3) is 4.44. The summed E-state index contributed by atoms with van der Waals surface area (Å²) in [6, 6.07) is 11.6. The minimum Gasteiger partial charge on any atom is -0.326 e. The van der Waals surface area contributed by atoms with Gasteiger partial charge in [-0.1, -0.05) is 35.9 Å². The molecule has 0 aromatic heterocycles. The number of nitrogens with one attached hydrogen (secondary N) is 1. The van der Waals surface area contributed by atoms with Crippen LogP contribution >= 0.6 is 11.6 Å². The van der Waals surface area contributed by atoms with Crippen molar-refractivity contribution in [2.45, 2.75) is 37.1 Å². The monoisotopic (exact) mass is 473 g/mol. The van der Waals surface area contributed by atoms with E-state index in [1.165, 1.54) is 28.3 Å². The zero-order chi connectivity index (χ0) is 22.9. The first kappa shape index (κ1) is 22.5. The second-order valence-corrected chi connectivity index (χ2v) is 10.2. The van der Waals surface area contributed by atoms with E-state index in [9.17, 15) is 18.0 Å². The molecule has 1 atom stereocenters. The molecule has 2 aliphatic heterocycles. The summed E-state index contributed by atoms with van der Waals surface area (Å²) in [4.78, 5) is 26.5. The van der Waals surface area contributed by atoms with Gasteiger partial charge >= 0.3 is 0 Å². The summed E-state index contributed by atoms with van der Waals surface area (Å²) in [6.07, 6.45) is 5.19. The summed E-state index contributed by atoms with van der Waals surface area (Å²) in [5.74, 6) is -0.503. The zero-order valence-corrected chi connectivity index (χ0v) is 19.2. The number of hydrogen-bond acceptors (Lipinski definition) is 4. The number of amides is 2. The highest BCUT2D eigenvalue weighted by molar-refractivity contribution is 7.89. The van der Waals surface area contributed by atoms with Crippen LogP contribution in [0.2, 0.25) is 5.02 Å². The standard InChI is InChI=1S/C23H24ClN3O4S/c1-16(28)27-13-10-17-6-2-3-7-19(17)21(27)15-23(29)25-18-8-9-20(24)22(14-18)32(30,31)26-11-4-5-12-26/h2-3,6-10,13-14,21H,4-5,11-12,15H2,1H3,(H,25,29)/t21-/m0/s1. The number of hydrogen-bond donors (Lipinski definition) is 1. The van der Waals surface area contributed by atoms with Gasteiger partial charge in [0.2, 0.25) is 21.8 Å². The van der Waals surface area contributed by atoms with E-state index in [-0.39, 0.29) is 28.2 Å². The summed E-state index contributed by atoms with van der Waals surface area (Å²) in [6.45, 7) is 2.38. The molecule has 2 aromatic rings. The maximum Gasteiger partial charge on any atom is 0.244 e. The summed E-state index contributed by atoms with van der Waals surface area (Å²) < 4.78 is 27.3. The fourth-order valence-corrected chi connectivity index (χ4v) is 6.16. The minimum atomic E-state index is -3.73. The van der Waals surface area contributed by atoms with E-state index in [1.807, 2.05) is 30.3 Å². The first-order chi connectivity index (χ1) is 15.3. The van der Waals surface area contributed by atoms with Gasteiger partial charge in [0.1, 0.15) is 4.90 Å². The molecule has 0 aliphatic carbocycles. The van der Waals surface area contributed by atoms with Gasteiger partial charge in [-0.25, -0.2) is 8.42 Å². The van der Waals surface area contributed by atoms with Crippen molar-refractivity contribution < 1.29 is 18.0 Å². The van der Waals surface area contributed by atoms with Crippen LogP contribution in [0.4, 0.5) is 5.69 Å². The second kappa shape index (κ2) is 9.05. The molecular formula is C23H24ClN3O4S. The van der Waals surface area contributed by atoms with Gasteiger partial charge in [-0.05, 0) is 48.2 Å². The molecule has 2 heterocycles. The average Bonchev–Trinajstić information content (AvgIpc) is 3.31. The normalized spacial score (nSPS) is 18.4. The Morgan fingerprint density at radius 1 is 1.12 bits per heavy atom. The van der Waals surface area contributed by atoms with E-state index in [0.717, 1.165) is 24.0 Å². The van der Waals surface area contributed by atoms with Crippen LogP contribution in [-0.2, 0) is 19.6 Å². The van der Waals surface area contributed by atoms with E-state index in [1.54, 1.807) is 12.3 Å². The molecule has 2 amide bonds. The first-order valence-electron chi connectivity index (χ1n) is 10.4. The van der Waals surface area contributed by atoms with Gasteiger partial charge < -0.3 is 10.2 Å². The fraction of sp³-hybridized carbons (Fsp3) is 0.304. The predicted molar refractivity (Wildman–Crippen MR) is 123 cm³/mol. The van der Waals surface area contributed by atoms with Crippen molar-refractivity contribution >= 4 is 45.2 Å². The summed E-state index contributed by atoms with van der Waals surface area (Å²) >= 11 is 6.19. The third-order valence-corrected chi connectivity index (χ3v) is 8.13. The van der Waals surface area contributed by atoms with Gasteiger partial charge in [-0.3, -0.25) is 9.59 Å². The Morgan fingerprint density at radius 3 is 2.56 bits per heavy atom. The van der Waals surface area contributed by atoms with Gasteiger partial charge in [-0.2, -0.15) is 4.31 Å². The lowest BCUT2D eigenvalue weighted by Crippen LogP contribution is -2.33. The maximum absolute atomic E-state index is 12.9. The van der Waals surface area contributed by atoms with Gasteiger partial charge in [0.15, 0.2) is 0 Å². The Balaban J connectivity index is 1.55. The molecule has 9 heteroatoms. The zero-order valence-electron chi connectivity index (χ0n) is 17.6. The lowest BCUT2D eigenvalue weighted by molar-refractivity contribution is -0.129. The second-order valence-electron chi connectivity index (χ2n) is 7.90. The molecule has 2 aliphatic rings. The highest BCUT2D eigenvalue weighted by Gasteiger charge is 2.30. The fourth-order valence-electron chi connectivity index (χ4n) is 4.15. The van der Waals surface area contributed by atoms with Crippen molar-refractivity contribution in [1.29, 1.82) is 0 Å². The van der Waals surface area contributed by atoms with E-state index in [0.29, 0.717) is 18.8 Å². The summed E-state index contributed by atoms with van der Waals surface area (Å²) in [5.41, 5.74) is 2.17. The Labute approximate surface area is 192 Å². The van der Waals surface area contributed by atoms with Crippen molar-refractivity contribution in [3.05, 3.63) is 64.8 Å². The SMILES string of the molecule is CC(=O)N1C=Cc2ccccc2[C@@H]1CC(=O)Nc1ccc(Cl)c(S(=O)(=O)N2CCCC2)c1. The maximum atomic E-state index is 12.9. The van der Waals surface area contributed by atoms with E-state index in [4.69, 9.17) is 11.6 Å². The molecule has 7 nitrogen and oxygen atoms in total. The molecule has 1 N–H and O–H groups in total. The van der Waals surface area contributed by atoms with Crippen LogP contribution in [0, 0.1) is 0 Å². The number of carbonyl (C=O) groups is 2. The summed E-state index contributed by atoms with van der Waals surface area (Å²) in [5, 5.41) is 2.88. The Bertz CT molecular complexity index is 1190. The summed E-state index contributed by atoms with van der Waals surface area (Å²) in [7, 11) is -3.73. The molecule has 0 saturated carbocycles. The van der Waals surface area contributed by atoms with Crippen LogP contribution in [-0.4, -0.2) is 42.5 Å². The molecule has 4 rings (SSSR count). The number of carbonyl (C=O) groups excluding carboxylic acids is 2. The number of benzene rings is 2. The van der Waals surface area contributed by atoms with Crippen LogP contribution in [0.25, 0.3) is 6.08 Å². The van der Waals surface area contributed by atoms with Gasteiger partial charge in [0, 0.05) is 31.9 Å². The van der Waals surface area contributed by atoms with Crippen LogP contribution in [0.5, 0.6) is 0 Å². The van der Waals surface area contributed by atoms with Crippen molar-refractivity contribution in [1.82, 2.24) is 9.21 Å². The van der Waals surface area contributed by atoms with Crippen LogP contribution < -0.4 is 5.32 Å². The largest absolute Gasteiger partial charge is 0.326 e. The van der Waals surface area contributed by atoms with Crippen molar-refractivity contribution in [3.8, 4) is 0 Å². The van der Waals surface area contributed by atoms with Crippen molar-refractivity contribution in [2.24, 2.45) is 0 Å². The van der Waals surface area contributed by atoms with Gasteiger partial charge in [-0.15, -0.1) is 0 Å². The third-order valence-electron chi connectivity index (χ3n) is 5.75. The molecule has 0 radical (unpaired) electrons. The molecule has 1 fully saturated rings. The Morgan fingerprint density at radius 2 is 1.84 bits per heavy atom. The number of sulfonamides is 1. The van der Waals surface area contributed by atoms with Gasteiger partial charge in [0.05, 0.1) is 17.5 Å². The molecular weight excluding hydrogens is 450 g/mol. The molecule has 0 unspecified atom stereocenters. The average molecular weight is 474 g/mol. The van der Waals surface area contributed by atoms with E-state index >= 15 is 0 Å². The quantitative estimate of drug-likeness (QED) is 0.710. The van der Waals surface area contributed by atoms with E-state index in [2.05, 4.69) is 5.32 Å². The molecule has 0 bridgehead atoms. The number of fused-ring (bicyclic) bond motifs is 1. The van der Waals surface area contributed by atoms with Gasteiger partial charge in [0.25, 0.3) is 0 Å². The van der Waals surface area contributed by atoms with Crippen molar-refractivity contribution in [2.75, 3.05) is 18.4 Å². The number of nitrogens with zero attached hydrogens (tertiary/aromatic N) is 2. The Hall–Kier alpha value is -2.68. The predicted octanol–water partition coefficient (Wildman–Crippen LogP) is 4.03. The Kier molecular flexibility index (Phi) is 6.37. The lowest BCUT2D eigenvalue weighted by Gasteiger charge is -2.32. The number of halogens is 1. The number of anilines is 1. The molecule has 32 heavy (non-hydrogen) atoms. The topological polar surface area (TPSA) is 86.8 Å². The smallest absolute Gasteiger partial charge is 0.244 e. The lowest BCUT2D eigenvalue weighted by atomic mass is 9.93. The highest BCUT2D eigenvalue weighted by Crippen LogP contribution is 2.34. The minimum absolute atomic E-state index is 0.0184. The number of rotatable bonds is 5. The molecule has 1 saturated heterocycles. The van der Waals surface area contributed by atoms with Crippen LogP contribution in [0.3, 0.4) is 0 Å². The molecule has 2 aromatic carbocycles. The van der Waals surface area contributed by atoms with E-state index < -0.39 is 16.1 Å². The highest BCUT2D eigenvalue weighted by atomic mass is 35.5. The first-order valence-corrected chi connectivity index (χ1v) is 12.2. The van der Waals surface area contributed by atoms with Crippen LogP contribution in [0.1, 0.15) is 43.4 Å².